The molecule has 0 aliphatic carbocycles. The smallest absolute Gasteiger partial charge is 0.261 e. The van der Waals surface area contributed by atoms with E-state index >= 15 is 0 Å². The highest BCUT2D eigenvalue weighted by Gasteiger charge is 2.16. The van der Waals surface area contributed by atoms with Crippen LogP contribution in [0, 0.1) is 13.8 Å². The first-order chi connectivity index (χ1) is 12.5. The zero-order valence-electron chi connectivity index (χ0n) is 15.2. The van der Waals surface area contributed by atoms with Gasteiger partial charge in [0.1, 0.15) is 10.8 Å². The number of amides is 1. The summed E-state index contributed by atoms with van der Waals surface area (Å²) < 4.78 is 5.82. The number of hydrogen-bond donors (Lipinski definition) is 1. The van der Waals surface area contributed by atoms with E-state index in [1.807, 2.05) is 67.8 Å². The first kappa shape index (κ1) is 18.1. The Balaban J connectivity index is 1.57. The van der Waals surface area contributed by atoms with Crippen LogP contribution in [-0.4, -0.2) is 17.0 Å². The molecule has 1 aromatic heterocycles. The summed E-state index contributed by atoms with van der Waals surface area (Å²) in [5.74, 6) is 0.591. The molecular formula is C21H22N2O2S. The molecule has 1 unspecified atom stereocenters. The van der Waals surface area contributed by atoms with E-state index in [-0.39, 0.29) is 5.91 Å². The van der Waals surface area contributed by atoms with Crippen LogP contribution in [0.15, 0.2) is 53.9 Å². The van der Waals surface area contributed by atoms with Gasteiger partial charge in [0.05, 0.1) is 12.2 Å². The fourth-order valence-electron chi connectivity index (χ4n) is 2.52. The number of carbonyl (C=O) groups is 1. The SMILES string of the molecule is Cc1cccc(OC(C)C(=O)NCc2csc(-c3ccccc3)n2)c1C. The molecule has 4 nitrogen and oxygen atoms in total. The lowest BCUT2D eigenvalue weighted by Crippen LogP contribution is -2.36. The average molecular weight is 366 g/mol. The molecule has 1 atom stereocenters. The van der Waals surface area contributed by atoms with Crippen molar-refractivity contribution in [3.63, 3.8) is 0 Å². The lowest BCUT2D eigenvalue weighted by atomic mass is 10.1. The van der Waals surface area contributed by atoms with Crippen molar-refractivity contribution in [2.45, 2.75) is 33.4 Å². The largest absolute Gasteiger partial charge is 0.481 e. The number of nitrogens with zero attached hydrogens (tertiary/aromatic N) is 1. The molecule has 0 aliphatic rings. The number of thiazole rings is 1. The van der Waals surface area contributed by atoms with Crippen LogP contribution < -0.4 is 10.1 Å². The van der Waals surface area contributed by atoms with Crippen molar-refractivity contribution in [3.8, 4) is 16.3 Å². The van der Waals surface area contributed by atoms with Crippen LogP contribution in [0.4, 0.5) is 0 Å². The fourth-order valence-corrected chi connectivity index (χ4v) is 3.34. The van der Waals surface area contributed by atoms with Crippen LogP contribution in [-0.2, 0) is 11.3 Å². The van der Waals surface area contributed by atoms with E-state index in [9.17, 15) is 4.79 Å². The Morgan fingerprint density at radius 2 is 1.92 bits per heavy atom. The second-order valence-electron chi connectivity index (χ2n) is 6.19. The minimum atomic E-state index is -0.567. The summed E-state index contributed by atoms with van der Waals surface area (Å²) in [6, 6.07) is 15.9. The molecule has 3 aromatic rings. The minimum Gasteiger partial charge on any atom is -0.481 e. The molecule has 0 saturated carbocycles. The van der Waals surface area contributed by atoms with Crippen LogP contribution in [0.1, 0.15) is 23.7 Å². The van der Waals surface area contributed by atoms with E-state index in [1.54, 1.807) is 18.3 Å². The molecule has 0 bridgehead atoms. The van der Waals surface area contributed by atoms with Gasteiger partial charge in [-0.15, -0.1) is 11.3 Å². The van der Waals surface area contributed by atoms with Crippen LogP contribution in [0.2, 0.25) is 0 Å². The van der Waals surface area contributed by atoms with Crippen LogP contribution >= 0.6 is 11.3 Å². The number of aryl methyl sites for hydroxylation is 1. The first-order valence-corrected chi connectivity index (χ1v) is 9.43. The third-order valence-electron chi connectivity index (χ3n) is 4.24. The third kappa shape index (κ3) is 4.29. The van der Waals surface area contributed by atoms with Crippen LogP contribution in [0.25, 0.3) is 10.6 Å². The molecule has 0 aliphatic heterocycles. The molecule has 0 spiro atoms. The number of rotatable bonds is 6. The highest BCUT2D eigenvalue weighted by atomic mass is 32.1. The Bertz CT molecular complexity index is 890. The summed E-state index contributed by atoms with van der Waals surface area (Å²) in [6.07, 6.45) is -0.567. The molecule has 3 rings (SSSR count). The van der Waals surface area contributed by atoms with Gasteiger partial charge in [0, 0.05) is 10.9 Å². The molecule has 0 saturated heterocycles. The number of aromatic nitrogens is 1. The van der Waals surface area contributed by atoms with Gasteiger partial charge >= 0.3 is 0 Å². The first-order valence-electron chi connectivity index (χ1n) is 8.55. The second kappa shape index (κ2) is 8.15. The Kier molecular flexibility index (Phi) is 5.68. The van der Waals surface area contributed by atoms with Crippen molar-refractivity contribution < 1.29 is 9.53 Å². The normalized spacial score (nSPS) is 11.8. The van der Waals surface area contributed by atoms with Crippen molar-refractivity contribution in [2.75, 3.05) is 0 Å². The molecule has 2 aromatic carbocycles. The Hall–Kier alpha value is -2.66. The number of ether oxygens (including phenoxy) is 1. The maximum absolute atomic E-state index is 12.3. The van der Waals surface area contributed by atoms with Crippen molar-refractivity contribution in [2.24, 2.45) is 0 Å². The Labute approximate surface area is 157 Å². The zero-order chi connectivity index (χ0) is 18.5. The topological polar surface area (TPSA) is 51.2 Å². The molecule has 1 amide bonds. The molecule has 5 heteroatoms. The van der Waals surface area contributed by atoms with E-state index in [0.29, 0.717) is 6.54 Å². The summed E-state index contributed by atoms with van der Waals surface area (Å²) in [5, 5.41) is 5.82. The zero-order valence-corrected chi connectivity index (χ0v) is 16.0. The van der Waals surface area contributed by atoms with Crippen LogP contribution in [0.5, 0.6) is 5.75 Å². The quantitative estimate of drug-likeness (QED) is 0.698. The Morgan fingerprint density at radius 3 is 2.69 bits per heavy atom. The van der Waals surface area contributed by atoms with Gasteiger partial charge < -0.3 is 10.1 Å². The number of hydrogen-bond acceptors (Lipinski definition) is 4. The molecule has 26 heavy (non-hydrogen) atoms. The van der Waals surface area contributed by atoms with Crippen molar-refractivity contribution in [1.82, 2.24) is 10.3 Å². The van der Waals surface area contributed by atoms with Gasteiger partial charge in [0.2, 0.25) is 0 Å². The molecule has 1 heterocycles. The summed E-state index contributed by atoms with van der Waals surface area (Å²) in [6.45, 7) is 6.17. The predicted molar refractivity (Wildman–Crippen MR) is 105 cm³/mol. The monoisotopic (exact) mass is 366 g/mol. The summed E-state index contributed by atoms with van der Waals surface area (Å²) in [7, 11) is 0. The minimum absolute atomic E-state index is 0.153. The van der Waals surface area contributed by atoms with Crippen molar-refractivity contribution in [3.05, 3.63) is 70.7 Å². The summed E-state index contributed by atoms with van der Waals surface area (Å²) >= 11 is 1.58. The second-order valence-corrected chi connectivity index (χ2v) is 7.04. The van der Waals surface area contributed by atoms with Gasteiger partial charge in [-0.3, -0.25) is 4.79 Å². The lowest BCUT2D eigenvalue weighted by molar-refractivity contribution is -0.127. The van der Waals surface area contributed by atoms with E-state index in [0.717, 1.165) is 33.1 Å². The average Bonchev–Trinajstić information content (AvgIpc) is 3.13. The van der Waals surface area contributed by atoms with Gasteiger partial charge in [-0.05, 0) is 38.0 Å². The molecule has 0 fully saturated rings. The number of benzene rings is 2. The van der Waals surface area contributed by atoms with E-state index < -0.39 is 6.10 Å². The standard InChI is InChI=1S/C21H22N2O2S/c1-14-8-7-11-19(15(14)2)25-16(3)20(24)22-12-18-13-26-21(23-18)17-9-5-4-6-10-17/h4-11,13,16H,12H2,1-3H3,(H,22,24). The van der Waals surface area contributed by atoms with E-state index in [4.69, 9.17) is 4.74 Å². The van der Waals surface area contributed by atoms with Gasteiger partial charge in [0.15, 0.2) is 6.10 Å². The predicted octanol–water partition coefficient (Wildman–Crippen LogP) is 4.51. The third-order valence-corrected chi connectivity index (χ3v) is 5.18. The van der Waals surface area contributed by atoms with Gasteiger partial charge in [-0.2, -0.15) is 0 Å². The highest BCUT2D eigenvalue weighted by Crippen LogP contribution is 2.23. The summed E-state index contributed by atoms with van der Waals surface area (Å²) in [5.41, 5.74) is 4.13. The number of nitrogens with one attached hydrogen (secondary N) is 1. The highest BCUT2D eigenvalue weighted by molar-refractivity contribution is 7.13. The fraction of sp³-hybridized carbons (Fsp3) is 0.238. The van der Waals surface area contributed by atoms with E-state index in [2.05, 4.69) is 10.3 Å². The lowest BCUT2D eigenvalue weighted by Gasteiger charge is -2.16. The maximum atomic E-state index is 12.3. The number of carbonyl (C=O) groups excluding carboxylic acids is 1. The van der Waals surface area contributed by atoms with Crippen LogP contribution in [0.3, 0.4) is 0 Å². The summed E-state index contributed by atoms with van der Waals surface area (Å²) in [4.78, 5) is 16.9. The van der Waals surface area contributed by atoms with Gasteiger partial charge in [0.25, 0.3) is 5.91 Å². The van der Waals surface area contributed by atoms with Crippen molar-refractivity contribution >= 4 is 17.2 Å². The molecule has 134 valence electrons. The van der Waals surface area contributed by atoms with Gasteiger partial charge in [-0.25, -0.2) is 4.98 Å². The van der Waals surface area contributed by atoms with Crippen molar-refractivity contribution in [1.29, 1.82) is 0 Å². The van der Waals surface area contributed by atoms with Gasteiger partial charge in [-0.1, -0.05) is 42.5 Å². The maximum Gasteiger partial charge on any atom is 0.261 e. The molecule has 1 N–H and O–H groups in total. The molecule has 0 radical (unpaired) electrons. The van der Waals surface area contributed by atoms with E-state index in [1.165, 1.54) is 0 Å². The molecular weight excluding hydrogens is 344 g/mol. The Morgan fingerprint density at radius 1 is 1.15 bits per heavy atom.